The van der Waals surface area contributed by atoms with Crippen molar-refractivity contribution < 1.29 is 14.3 Å². The van der Waals surface area contributed by atoms with Crippen molar-refractivity contribution in [2.24, 2.45) is 5.92 Å². The van der Waals surface area contributed by atoms with Gasteiger partial charge >= 0.3 is 5.97 Å². The summed E-state index contributed by atoms with van der Waals surface area (Å²) in [4.78, 5) is 11.5. The van der Waals surface area contributed by atoms with Gasteiger partial charge in [-0.25, -0.2) is 4.39 Å². The third-order valence-electron chi connectivity index (χ3n) is 3.25. The van der Waals surface area contributed by atoms with Crippen molar-refractivity contribution in [1.29, 1.82) is 0 Å². The molecule has 0 aliphatic rings. The minimum atomic E-state index is -0.925. The maximum atomic E-state index is 13.3. The molecule has 1 unspecified atom stereocenters. The summed E-state index contributed by atoms with van der Waals surface area (Å²) in [7, 11) is 0. The molecule has 110 valence electrons. The number of aliphatic carboxylic acids is 1. The fourth-order valence-corrected chi connectivity index (χ4v) is 2.78. The fraction of sp³-hybridized carbons (Fsp3) is 0.188. The zero-order chi connectivity index (χ0) is 15.4. The molecule has 0 aliphatic heterocycles. The standard InChI is InChI=1S/C16H13BrClFO2/c17-14-4-2-1-3-10(14)7-12(16(20)21)8-11-9-13(19)5-6-15(11)18/h1-6,9,12H,7-8H2,(H,20,21). The zero-order valence-corrected chi connectivity index (χ0v) is 13.4. The molecule has 0 aromatic heterocycles. The Morgan fingerprint density at radius 2 is 1.86 bits per heavy atom. The van der Waals surface area contributed by atoms with Crippen molar-refractivity contribution in [3.05, 3.63) is 68.9 Å². The van der Waals surface area contributed by atoms with Crippen LogP contribution < -0.4 is 0 Å². The van der Waals surface area contributed by atoms with Gasteiger partial charge in [0, 0.05) is 9.50 Å². The minimum absolute atomic E-state index is 0.188. The van der Waals surface area contributed by atoms with Crippen molar-refractivity contribution in [2.75, 3.05) is 0 Å². The first-order chi connectivity index (χ1) is 9.97. The van der Waals surface area contributed by atoms with E-state index in [1.807, 2.05) is 24.3 Å². The van der Waals surface area contributed by atoms with Gasteiger partial charge in [0.15, 0.2) is 0 Å². The smallest absolute Gasteiger partial charge is 0.307 e. The molecule has 2 nitrogen and oxygen atoms in total. The number of hydrogen-bond donors (Lipinski definition) is 1. The summed E-state index contributed by atoms with van der Waals surface area (Å²) in [6.07, 6.45) is 0.539. The first-order valence-corrected chi connectivity index (χ1v) is 7.54. The molecule has 5 heteroatoms. The average molecular weight is 372 g/mol. The molecule has 0 amide bonds. The monoisotopic (exact) mass is 370 g/mol. The van der Waals surface area contributed by atoms with E-state index in [4.69, 9.17) is 11.6 Å². The molecule has 21 heavy (non-hydrogen) atoms. The van der Waals surface area contributed by atoms with Crippen LogP contribution in [0.25, 0.3) is 0 Å². The van der Waals surface area contributed by atoms with Gasteiger partial charge in [0.05, 0.1) is 5.92 Å². The van der Waals surface area contributed by atoms with E-state index in [0.29, 0.717) is 17.0 Å². The van der Waals surface area contributed by atoms with Gasteiger partial charge in [-0.3, -0.25) is 4.79 Å². The third kappa shape index (κ3) is 4.29. The van der Waals surface area contributed by atoms with Gasteiger partial charge in [-0.1, -0.05) is 45.7 Å². The van der Waals surface area contributed by atoms with Crippen molar-refractivity contribution >= 4 is 33.5 Å². The number of carboxylic acids is 1. The van der Waals surface area contributed by atoms with E-state index in [2.05, 4.69) is 15.9 Å². The van der Waals surface area contributed by atoms with Gasteiger partial charge in [0.2, 0.25) is 0 Å². The molecule has 2 aromatic carbocycles. The molecule has 2 aromatic rings. The van der Waals surface area contributed by atoms with Crippen LogP contribution in [-0.4, -0.2) is 11.1 Å². The van der Waals surface area contributed by atoms with Crippen LogP contribution in [0.4, 0.5) is 4.39 Å². The number of rotatable bonds is 5. The van der Waals surface area contributed by atoms with Gasteiger partial charge in [-0.2, -0.15) is 0 Å². The molecule has 1 N–H and O–H groups in total. The summed E-state index contributed by atoms with van der Waals surface area (Å²) < 4.78 is 14.1. The predicted molar refractivity (Wildman–Crippen MR) is 84.1 cm³/mol. The normalized spacial score (nSPS) is 12.1. The highest BCUT2D eigenvalue weighted by molar-refractivity contribution is 9.10. The second-order valence-electron chi connectivity index (χ2n) is 4.77. The molecular formula is C16H13BrClFO2. The van der Waals surface area contributed by atoms with Gasteiger partial charge in [0.25, 0.3) is 0 Å². The van der Waals surface area contributed by atoms with Gasteiger partial charge in [-0.05, 0) is 48.2 Å². The molecule has 0 saturated carbocycles. The Hall–Kier alpha value is -1.39. The quantitative estimate of drug-likeness (QED) is 0.825. The molecule has 0 fully saturated rings. The van der Waals surface area contributed by atoms with E-state index >= 15 is 0 Å². The van der Waals surface area contributed by atoms with Crippen LogP contribution in [0.15, 0.2) is 46.9 Å². The van der Waals surface area contributed by atoms with E-state index < -0.39 is 17.7 Å². The number of hydrogen-bond acceptors (Lipinski definition) is 1. The van der Waals surface area contributed by atoms with E-state index in [9.17, 15) is 14.3 Å². The number of carboxylic acid groups (broad SMARTS) is 1. The Balaban J connectivity index is 2.22. The topological polar surface area (TPSA) is 37.3 Å². The number of benzene rings is 2. The van der Waals surface area contributed by atoms with Crippen LogP contribution in [0.3, 0.4) is 0 Å². The summed E-state index contributed by atoms with van der Waals surface area (Å²) in [5.41, 5.74) is 1.41. The summed E-state index contributed by atoms with van der Waals surface area (Å²) >= 11 is 9.42. The molecule has 1 atom stereocenters. The van der Waals surface area contributed by atoms with E-state index in [1.54, 1.807) is 0 Å². The van der Waals surface area contributed by atoms with Crippen LogP contribution in [0, 0.1) is 11.7 Å². The first-order valence-electron chi connectivity index (χ1n) is 6.37. The Morgan fingerprint density at radius 3 is 2.52 bits per heavy atom. The van der Waals surface area contributed by atoms with Crippen LogP contribution in [-0.2, 0) is 17.6 Å². The molecule has 0 bridgehead atoms. The van der Waals surface area contributed by atoms with Crippen LogP contribution in [0.2, 0.25) is 5.02 Å². The van der Waals surface area contributed by atoms with Crippen molar-refractivity contribution in [3.8, 4) is 0 Å². The number of carbonyl (C=O) groups is 1. The lowest BCUT2D eigenvalue weighted by molar-refractivity contribution is -0.141. The third-order valence-corrected chi connectivity index (χ3v) is 4.39. The van der Waals surface area contributed by atoms with Gasteiger partial charge in [0.1, 0.15) is 5.82 Å². The van der Waals surface area contributed by atoms with Gasteiger partial charge in [-0.15, -0.1) is 0 Å². The molecule has 0 heterocycles. The van der Waals surface area contributed by atoms with E-state index in [1.165, 1.54) is 18.2 Å². The SMILES string of the molecule is O=C(O)C(Cc1cc(F)ccc1Cl)Cc1ccccc1Br. The molecule has 0 aliphatic carbocycles. The Labute approximate surface area is 135 Å². The zero-order valence-electron chi connectivity index (χ0n) is 11.0. The lowest BCUT2D eigenvalue weighted by Crippen LogP contribution is -2.19. The molecule has 0 saturated heterocycles. The molecule has 2 rings (SSSR count). The Kier molecular flexibility index (Phi) is 5.37. The Bertz CT molecular complexity index is 660. The summed E-state index contributed by atoms with van der Waals surface area (Å²) in [6, 6.07) is 11.5. The summed E-state index contributed by atoms with van der Waals surface area (Å²) in [5.74, 6) is -2.01. The second-order valence-corrected chi connectivity index (χ2v) is 6.03. The van der Waals surface area contributed by atoms with Crippen molar-refractivity contribution in [1.82, 2.24) is 0 Å². The lowest BCUT2D eigenvalue weighted by Gasteiger charge is -2.14. The fourth-order valence-electron chi connectivity index (χ4n) is 2.14. The molecule has 0 spiro atoms. The molecule has 0 radical (unpaired) electrons. The van der Waals surface area contributed by atoms with Crippen LogP contribution >= 0.6 is 27.5 Å². The summed E-state index contributed by atoms with van der Waals surface area (Å²) in [6.45, 7) is 0. The second kappa shape index (κ2) is 7.05. The van der Waals surface area contributed by atoms with Gasteiger partial charge < -0.3 is 5.11 Å². The maximum Gasteiger partial charge on any atom is 0.307 e. The highest BCUT2D eigenvalue weighted by Crippen LogP contribution is 2.25. The van der Waals surface area contributed by atoms with Crippen molar-refractivity contribution in [3.63, 3.8) is 0 Å². The minimum Gasteiger partial charge on any atom is -0.481 e. The Morgan fingerprint density at radius 1 is 1.19 bits per heavy atom. The van der Waals surface area contributed by atoms with Crippen LogP contribution in [0.1, 0.15) is 11.1 Å². The highest BCUT2D eigenvalue weighted by atomic mass is 79.9. The lowest BCUT2D eigenvalue weighted by atomic mass is 9.92. The summed E-state index contributed by atoms with van der Waals surface area (Å²) in [5, 5.41) is 9.78. The first kappa shape index (κ1) is 16.0. The predicted octanol–water partition coefficient (Wildman–Crippen LogP) is 4.73. The largest absolute Gasteiger partial charge is 0.481 e. The average Bonchev–Trinajstić information content (AvgIpc) is 2.44. The van der Waals surface area contributed by atoms with E-state index in [0.717, 1.165) is 10.0 Å². The van der Waals surface area contributed by atoms with E-state index in [-0.39, 0.29) is 6.42 Å². The van der Waals surface area contributed by atoms with Crippen LogP contribution in [0.5, 0.6) is 0 Å². The molecular weight excluding hydrogens is 359 g/mol. The van der Waals surface area contributed by atoms with Crippen molar-refractivity contribution in [2.45, 2.75) is 12.8 Å². The maximum absolute atomic E-state index is 13.3. The highest BCUT2D eigenvalue weighted by Gasteiger charge is 2.21. The number of halogens is 3.